The van der Waals surface area contributed by atoms with Crippen molar-refractivity contribution in [2.24, 2.45) is 17.8 Å². The summed E-state index contributed by atoms with van der Waals surface area (Å²) in [5.74, 6) is -1.43. The second-order valence-electron chi connectivity index (χ2n) is 3.35. The predicted octanol–water partition coefficient (Wildman–Crippen LogP) is 1.06. The highest BCUT2D eigenvalue weighted by atomic mass is 16.6. The van der Waals surface area contributed by atoms with E-state index in [0.717, 1.165) is 0 Å². The van der Waals surface area contributed by atoms with Gasteiger partial charge in [-0.2, -0.15) is 0 Å². The molecule has 0 aromatic heterocycles. The second kappa shape index (κ2) is 2.83. The number of carbonyl (C=O) groups excluding carboxylic acids is 2. The highest BCUT2D eigenvalue weighted by Crippen LogP contribution is 2.37. The van der Waals surface area contributed by atoms with Crippen molar-refractivity contribution in [3.05, 3.63) is 24.8 Å². The van der Waals surface area contributed by atoms with E-state index in [4.69, 9.17) is 0 Å². The molecule has 2 rings (SSSR count). The molecular formula is C10H10O3. The molecule has 0 amide bonds. The maximum atomic E-state index is 11.3. The minimum atomic E-state index is -0.399. The highest BCUT2D eigenvalue weighted by Gasteiger charge is 2.47. The van der Waals surface area contributed by atoms with Crippen molar-refractivity contribution in [3.8, 4) is 0 Å². The first-order valence-corrected chi connectivity index (χ1v) is 4.29. The van der Waals surface area contributed by atoms with Crippen LogP contribution in [0.2, 0.25) is 0 Å². The Bertz CT molecular complexity index is 303. The van der Waals surface area contributed by atoms with Crippen LogP contribution in [0.25, 0.3) is 0 Å². The maximum absolute atomic E-state index is 11.3. The van der Waals surface area contributed by atoms with Gasteiger partial charge < -0.3 is 4.74 Å². The van der Waals surface area contributed by atoms with E-state index in [1.165, 1.54) is 0 Å². The van der Waals surface area contributed by atoms with Gasteiger partial charge in [0.25, 0.3) is 0 Å². The lowest BCUT2D eigenvalue weighted by Gasteiger charge is -2.21. The van der Waals surface area contributed by atoms with Gasteiger partial charge in [0.1, 0.15) is 0 Å². The lowest BCUT2D eigenvalue weighted by molar-refractivity contribution is -0.153. The molecule has 2 aliphatic rings. The molecule has 0 spiro atoms. The van der Waals surface area contributed by atoms with Crippen molar-refractivity contribution < 1.29 is 14.3 Å². The fraction of sp³-hybridized carbons (Fsp3) is 0.400. The number of esters is 2. The van der Waals surface area contributed by atoms with Gasteiger partial charge in [0.2, 0.25) is 0 Å². The Hall–Kier alpha value is -1.38. The van der Waals surface area contributed by atoms with E-state index in [-0.39, 0.29) is 23.7 Å². The molecule has 3 nitrogen and oxygen atoms in total. The molecule has 0 N–H and O–H groups in total. The van der Waals surface area contributed by atoms with Gasteiger partial charge in [-0.15, -0.1) is 6.58 Å². The number of fused-ring (bicyclic) bond motifs is 1. The van der Waals surface area contributed by atoms with E-state index >= 15 is 0 Å². The average molecular weight is 178 g/mol. The van der Waals surface area contributed by atoms with Gasteiger partial charge in [-0.25, -0.2) is 0 Å². The van der Waals surface area contributed by atoms with E-state index in [2.05, 4.69) is 11.3 Å². The van der Waals surface area contributed by atoms with Crippen molar-refractivity contribution >= 4 is 11.9 Å². The SMILES string of the molecule is C=CC1C=CC[C@@H]2C(=O)OC(=O)C12. The summed E-state index contributed by atoms with van der Waals surface area (Å²) in [6, 6.07) is 0. The van der Waals surface area contributed by atoms with Crippen molar-refractivity contribution in [2.45, 2.75) is 6.42 Å². The molecule has 13 heavy (non-hydrogen) atoms. The van der Waals surface area contributed by atoms with E-state index in [0.29, 0.717) is 6.42 Å². The number of allylic oxidation sites excluding steroid dienone is 3. The molecule has 1 saturated heterocycles. The summed E-state index contributed by atoms with van der Waals surface area (Å²) in [7, 11) is 0. The van der Waals surface area contributed by atoms with Gasteiger partial charge in [0, 0.05) is 5.92 Å². The Labute approximate surface area is 76.1 Å². The quantitative estimate of drug-likeness (QED) is 0.342. The summed E-state index contributed by atoms with van der Waals surface area (Å²) in [6.45, 7) is 3.63. The topological polar surface area (TPSA) is 43.4 Å². The largest absolute Gasteiger partial charge is 0.393 e. The molecule has 1 aliphatic heterocycles. The highest BCUT2D eigenvalue weighted by molar-refractivity contribution is 5.97. The van der Waals surface area contributed by atoms with E-state index in [9.17, 15) is 9.59 Å². The van der Waals surface area contributed by atoms with Crippen LogP contribution in [-0.2, 0) is 14.3 Å². The van der Waals surface area contributed by atoms with Crippen LogP contribution in [0.1, 0.15) is 6.42 Å². The fourth-order valence-corrected chi connectivity index (χ4v) is 1.95. The lowest BCUT2D eigenvalue weighted by Crippen LogP contribution is -2.26. The third-order valence-electron chi connectivity index (χ3n) is 2.64. The average Bonchev–Trinajstić information content (AvgIpc) is 2.43. The minimum absolute atomic E-state index is 0.0438. The first-order valence-electron chi connectivity index (χ1n) is 4.29. The summed E-state index contributed by atoms with van der Waals surface area (Å²) >= 11 is 0. The van der Waals surface area contributed by atoms with Crippen LogP contribution >= 0.6 is 0 Å². The first kappa shape index (κ1) is 8.23. The molecule has 2 unspecified atom stereocenters. The summed E-state index contributed by atoms with van der Waals surface area (Å²) < 4.78 is 4.57. The third kappa shape index (κ3) is 1.11. The van der Waals surface area contributed by atoms with Crippen molar-refractivity contribution in [1.82, 2.24) is 0 Å². The fourth-order valence-electron chi connectivity index (χ4n) is 1.95. The summed E-state index contributed by atoms with van der Waals surface area (Å²) in [5.41, 5.74) is 0. The molecule has 0 radical (unpaired) electrons. The van der Waals surface area contributed by atoms with Gasteiger partial charge in [-0.1, -0.05) is 18.2 Å². The molecule has 0 bridgehead atoms. The summed E-state index contributed by atoms with van der Waals surface area (Å²) in [6.07, 6.45) is 6.12. The smallest absolute Gasteiger partial charge is 0.318 e. The Morgan fingerprint density at radius 1 is 1.46 bits per heavy atom. The summed E-state index contributed by atoms with van der Waals surface area (Å²) in [4.78, 5) is 22.4. The zero-order valence-corrected chi connectivity index (χ0v) is 7.10. The molecule has 0 aromatic carbocycles. The van der Waals surface area contributed by atoms with Gasteiger partial charge in [-0.3, -0.25) is 9.59 Å². The van der Waals surface area contributed by atoms with Gasteiger partial charge in [0.15, 0.2) is 0 Å². The lowest BCUT2D eigenvalue weighted by atomic mass is 9.77. The Morgan fingerprint density at radius 3 is 2.92 bits per heavy atom. The molecule has 1 heterocycles. The van der Waals surface area contributed by atoms with Crippen LogP contribution in [0.3, 0.4) is 0 Å². The molecule has 1 aliphatic carbocycles. The van der Waals surface area contributed by atoms with Crippen molar-refractivity contribution in [3.63, 3.8) is 0 Å². The molecule has 1 fully saturated rings. The van der Waals surface area contributed by atoms with Crippen LogP contribution < -0.4 is 0 Å². The standard InChI is InChI=1S/C10H10O3/c1-2-6-4-3-5-7-8(6)10(12)13-9(7)11/h2-4,6-8H,1,5H2/t6?,7-,8?/m0/s1. The van der Waals surface area contributed by atoms with Crippen LogP contribution in [-0.4, -0.2) is 11.9 Å². The number of ether oxygens (including phenoxy) is 1. The van der Waals surface area contributed by atoms with Crippen LogP contribution in [0.5, 0.6) is 0 Å². The Kier molecular flexibility index (Phi) is 1.79. The van der Waals surface area contributed by atoms with E-state index < -0.39 is 5.97 Å². The molecular weight excluding hydrogens is 168 g/mol. The molecule has 0 saturated carbocycles. The molecule has 68 valence electrons. The number of carbonyl (C=O) groups is 2. The minimum Gasteiger partial charge on any atom is -0.393 e. The zero-order valence-electron chi connectivity index (χ0n) is 7.10. The maximum Gasteiger partial charge on any atom is 0.318 e. The van der Waals surface area contributed by atoms with Crippen molar-refractivity contribution in [2.75, 3.05) is 0 Å². The van der Waals surface area contributed by atoms with Gasteiger partial charge >= 0.3 is 11.9 Å². The molecule has 3 heteroatoms. The van der Waals surface area contributed by atoms with Crippen LogP contribution in [0, 0.1) is 17.8 Å². The number of cyclic esters (lactones) is 2. The van der Waals surface area contributed by atoms with Crippen LogP contribution in [0.4, 0.5) is 0 Å². The number of rotatable bonds is 1. The Morgan fingerprint density at radius 2 is 2.23 bits per heavy atom. The number of hydrogen-bond acceptors (Lipinski definition) is 3. The first-order chi connectivity index (χ1) is 6.24. The molecule has 0 aromatic rings. The van der Waals surface area contributed by atoms with Crippen LogP contribution in [0.15, 0.2) is 24.8 Å². The van der Waals surface area contributed by atoms with Crippen molar-refractivity contribution in [1.29, 1.82) is 0 Å². The third-order valence-corrected chi connectivity index (χ3v) is 2.64. The van der Waals surface area contributed by atoms with Gasteiger partial charge in [-0.05, 0) is 6.42 Å². The normalized spacial score (nSPS) is 37.1. The van der Waals surface area contributed by atoms with E-state index in [1.807, 2.05) is 12.2 Å². The van der Waals surface area contributed by atoms with E-state index in [1.54, 1.807) is 6.08 Å². The monoisotopic (exact) mass is 178 g/mol. The Balaban J connectivity index is 2.34. The number of hydrogen-bond donors (Lipinski definition) is 0. The summed E-state index contributed by atoms with van der Waals surface area (Å²) in [5, 5.41) is 0. The second-order valence-corrected chi connectivity index (χ2v) is 3.35. The molecule has 3 atom stereocenters. The predicted molar refractivity (Wildman–Crippen MR) is 45.5 cm³/mol. The zero-order chi connectivity index (χ0) is 9.42. The van der Waals surface area contributed by atoms with Gasteiger partial charge in [0.05, 0.1) is 11.8 Å².